The highest BCUT2D eigenvalue weighted by Crippen LogP contribution is 2.52. The molecular formula is C29H38N2O4. The Balaban J connectivity index is 0.000000192. The lowest BCUT2D eigenvalue weighted by molar-refractivity contribution is -0.145. The second kappa shape index (κ2) is 9.90. The lowest BCUT2D eigenvalue weighted by atomic mass is 9.73. The molecule has 0 radical (unpaired) electrons. The fourth-order valence-corrected chi connectivity index (χ4v) is 7.45. The number of piperidine rings is 3. The molecule has 2 aromatic rings. The number of fused-ring (bicyclic) bond motifs is 6. The SMILES string of the molecule is C=CC1CN2CCC1CC2C(O)c1ccnc2ccc(OC)cc12.CC1C2CCC(C2)C1C(=O)O. The Morgan fingerprint density at radius 2 is 2.00 bits per heavy atom. The number of ether oxygens (including phenoxy) is 1. The van der Waals surface area contributed by atoms with Crippen molar-refractivity contribution in [3.05, 3.63) is 48.7 Å². The highest BCUT2D eigenvalue weighted by molar-refractivity contribution is 5.84. The van der Waals surface area contributed by atoms with E-state index in [2.05, 4.69) is 29.5 Å². The van der Waals surface area contributed by atoms with Crippen LogP contribution in [0, 0.1) is 35.5 Å². The molecule has 6 nitrogen and oxygen atoms in total. The number of carboxylic acids is 1. The molecule has 9 atom stereocenters. The van der Waals surface area contributed by atoms with E-state index >= 15 is 0 Å². The van der Waals surface area contributed by atoms with E-state index in [1.54, 1.807) is 13.3 Å². The summed E-state index contributed by atoms with van der Waals surface area (Å²) in [6, 6.07) is 7.96. The van der Waals surface area contributed by atoms with Gasteiger partial charge in [-0.15, -0.1) is 6.58 Å². The molecule has 35 heavy (non-hydrogen) atoms. The summed E-state index contributed by atoms with van der Waals surface area (Å²) >= 11 is 0. The van der Waals surface area contributed by atoms with Crippen LogP contribution in [0.4, 0.5) is 0 Å². The quantitative estimate of drug-likeness (QED) is 0.593. The van der Waals surface area contributed by atoms with Crippen molar-refractivity contribution in [3.63, 3.8) is 0 Å². The zero-order valence-corrected chi connectivity index (χ0v) is 20.8. The van der Waals surface area contributed by atoms with Crippen molar-refractivity contribution < 1.29 is 19.7 Å². The fraction of sp³-hybridized carbons (Fsp3) is 0.586. The number of nitrogens with zero attached hydrogens (tertiary/aromatic N) is 2. The van der Waals surface area contributed by atoms with Crippen LogP contribution in [0.2, 0.25) is 0 Å². The molecule has 1 aromatic heterocycles. The largest absolute Gasteiger partial charge is 0.497 e. The van der Waals surface area contributed by atoms with Gasteiger partial charge in [0, 0.05) is 24.2 Å². The molecule has 2 saturated carbocycles. The van der Waals surface area contributed by atoms with Crippen LogP contribution in [0.5, 0.6) is 5.75 Å². The van der Waals surface area contributed by atoms with Gasteiger partial charge in [-0.1, -0.05) is 13.0 Å². The summed E-state index contributed by atoms with van der Waals surface area (Å²) in [5, 5.41) is 21.0. The summed E-state index contributed by atoms with van der Waals surface area (Å²) in [5.41, 5.74) is 1.85. The molecule has 5 fully saturated rings. The number of aromatic nitrogens is 1. The summed E-state index contributed by atoms with van der Waals surface area (Å²) in [5.74, 6) is 3.09. The van der Waals surface area contributed by atoms with E-state index in [-0.39, 0.29) is 12.0 Å². The maximum atomic E-state index is 11.2. The Morgan fingerprint density at radius 1 is 1.20 bits per heavy atom. The van der Waals surface area contributed by atoms with E-state index < -0.39 is 12.1 Å². The van der Waals surface area contributed by atoms with E-state index in [1.165, 1.54) is 19.3 Å². The van der Waals surface area contributed by atoms with E-state index in [1.807, 2.05) is 24.3 Å². The van der Waals surface area contributed by atoms with Gasteiger partial charge in [0.2, 0.25) is 0 Å². The first-order chi connectivity index (χ1) is 16.9. The molecule has 4 heterocycles. The lowest BCUT2D eigenvalue weighted by Crippen LogP contribution is -2.54. The third-order valence-electron chi connectivity index (χ3n) is 9.44. The van der Waals surface area contributed by atoms with Gasteiger partial charge >= 0.3 is 5.97 Å². The van der Waals surface area contributed by atoms with E-state index in [0.29, 0.717) is 23.7 Å². The van der Waals surface area contributed by atoms with Crippen LogP contribution in [0.3, 0.4) is 0 Å². The molecule has 2 aliphatic carbocycles. The zero-order chi connectivity index (χ0) is 24.7. The number of hydrogen-bond acceptors (Lipinski definition) is 5. The molecule has 6 heteroatoms. The summed E-state index contributed by atoms with van der Waals surface area (Å²) in [7, 11) is 1.66. The molecule has 3 saturated heterocycles. The smallest absolute Gasteiger partial charge is 0.307 e. The van der Waals surface area contributed by atoms with Gasteiger partial charge in [0.05, 0.1) is 24.6 Å². The Bertz CT molecular complexity index is 1090. The zero-order valence-electron chi connectivity index (χ0n) is 20.8. The molecular weight excluding hydrogens is 440 g/mol. The monoisotopic (exact) mass is 478 g/mol. The number of hydrogen-bond donors (Lipinski definition) is 2. The Morgan fingerprint density at radius 3 is 2.60 bits per heavy atom. The first-order valence-electron chi connectivity index (χ1n) is 13.1. The minimum atomic E-state index is -0.565. The fourth-order valence-electron chi connectivity index (χ4n) is 7.45. The van der Waals surface area contributed by atoms with Crippen molar-refractivity contribution in [1.29, 1.82) is 0 Å². The standard InChI is InChI=1S/C20H24N2O2.C9H14O2/c1-3-13-12-22-9-7-14(13)10-19(22)20(23)16-6-8-21-18-5-4-15(24-2)11-17(16)18;1-5-6-2-3-7(4-6)8(5)9(10)11/h3-6,8,11,13-14,19-20,23H,1,7,9-10,12H2,2H3;5-8H,2-4H2,1H3,(H,10,11). The normalized spacial score (nSPS) is 35.9. The molecule has 1 aromatic carbocycles. The van der Waals surface area contributed by atoms with Gasteiger partial charge in [-0.05, 0) is 98.1 Å². The van der Waals surface area contributed by atoms with Gasteiger partial charge in [0.15, 0.2) is 0 Å². The maximum Gasteiger partial charge on any atom is 0.307 e. The number of aliphatic hydroxyl groups is 1. The molecule has 188 valence electrons. The molecule has 3 aliphatic heterocycles. The molecule has 9 unspecified atom stereocenters. The van der Waals surface area contributed by atoms with Crippen LogP contribution < -0.4 is 4.74 Å². The average molecular weight is 479 g/mol. The van der Waals surface area contributed by atoms with Crippen molar-refractivity contribution in [3.8, 4) is 5.75 Å². The molecule has 2 N–H and O–H groups in total. The minimum absolute atomic E-state index is 0.0197. The maximum absolute atomic E-state index is 11.2. The lowest BCUT2D eigenvalue weighted by Gasteiger charge is -2.50. The Labute approximate surface area is 208 Å². The van der Waals surface area contributed by atoms with Gasteiger partial charge in [0.1, 0.15) is 5.75 Å². The van der Waals surface area contributed by atoms with Gasteiger partial charge in [0.25, 0.3) is 0 Å². The van der Waals surface area contributed by atoms with Crippen LogP contribution in [-0.2, 0) is 4.79 Å². The number of carbonyl (C=O) groups is 1. The summed E-state index contributed by atoms with van der Waals surface area (Å²) in [4.78, 5) is 17.7. The number of pyridine rings is 1. The Hall–Kier alpha value is -2.44. The first kappa shape index (κ1) is 24.3. The molecule has 4 bridgehead atoms. The van der Waals surface area contributed by atoms with Crippen LogP contribution in [0.15, 0.2) is 43.1 Å². The van der Waals surface area contributed by atoms with Crippen molar-refractivity contribution in [2.75, 3.05) is 20.2 Å². The van der Waals surface area contributed by atoms with Crippen LogP contribution >= 0.6 is 0 Å². The molecule has 0 amide bonds. The number of carboxylic acid groups (broad SMARTS) is 1. The van der Waals surface area contributed by atoms with E-state index in [9.17, 15) is 9.90 Å². The molecule has 5 aliphatic rings. The Kier molecular flexibility index (Phi) is 6.86. The molecule has 7 rings (SSSR count). The van der Waals surface area contributed by atoms with Crippen LogP contribution in [0.25, 0.3) is 10.9 Å². The number of methoxy groups -OCH3 is 1. The molecule has 0 spiro atoms. The predicted molar refractivity (Wildman–Crippen MR) is 136 cm³/mol. The average Bonchev–Trinajstić information content (AvgIpc) is 3.49. The van der Waals surface area contributed by atoms with Crippen molar-refractivity contribution in [2.24, 2.45) is 35.5 Å². The van der Waals surface area contributed by atoms with Crippen LogP contribution in [-0.4, -0.2) is 52.3 Å². The van der Waals surface area contributed by atoms with Crippen LogP contribution in [0.1, 0.15) is 50.7 Å². The highest BCUT2D eigenvalue weighted by atomic mass is 16.5. The summed E-state index contributed by atoms with van der Waals surface area (Å²) in [6.45, 7) is 8.17. The van der Waals surface area contributed by atoms with E-state index in [0.717, 1.165) is 54.1 Å². The van der Waals surface area contributed by atoms with Gasteiger partial charge in [-0.3, -0.25) is 14.7 Å². The number of rotatable bonds is 5. The first-order valence-corrected chi connectivity index (χ1v) is 13.1. The van der Waals surface area contributed by atoms with Crippen molar-refractivity contribution >= 4 is 16.9 Å². The number of benzene rings is 1. The second-order valence-electron chi connectivity index (χ2n) is 11.0. The summed E-state index contributed by atoms with van der Waals surface area (Å²) < 4.78 is 5.35. The van der Waals surface area contributed by atoms with Crippen molar-refractivity contribution in [1.82, 2.24) is 9.88 Å². The highest BCUT2D eigenvalue weighted by Gasteiger charge is 2.48. The topological polar surface area (TPSA) is 82.9 Å². The minimum Gasteiger partial charge on any atom is -0.497 e. The summed E-state index contributed by atoms with van der Waals surface area (Å²) in [6.07, 6.45) is 9.23. The van der Waals surface area contributed by atoms with Gasteiger partial charge < -0.3 is 14.9 Å². The van der Waals surface area contributed by atoms with Gasteiger partial charge in [-0.25, -0.2) is 0 Å². The third-order valence-corrected chi connectivity index (χ3v) is 9.44. The predicted octanol–water partition coefficient (Wildman–Crippen LogP) is 4.93. The second-order valence-corrected chi connectivity index (χ2v) is 11.0. The number of aliphatic carboxylic acids is 1. The third kappa shape index (κ3) is 4.47. The van der Waals surface area contributed by atoms with Crippen molar-refractivity contribution in [2.45, 2.75) is 51.2 Å². The van der Waals surface area contributed by atoms with Gasteiger partial charge in [-0.2, -0.15) is 0 Å². The number of aliphatic hydroxyl groups excluding tert-OH is 1. The van der Waals surface area contributed by atoms with E-state index in [4.69, 9.17) is 9.84 Å².